The van der Waals surface area contributed by atoms with E-state index in [4.69, 9.17) is 0 Å². The Morgan fingerprint density at radius 1 is 1.64 bits per heavy atom. The van der Waals surface area contributed by atoms with E-state index in [1.807, 2.05) is 14.1 Å². The molecule has 0 spiro atoms. The van der Waals surface area contributed by atoms with Crippen molar-refractivity contribution in [2.45, 2.75) is 12.5 Å². The molecule has 1 N–H and O–H groups in total. The molecule has 0 bridgehead atoms. The van der Waals surface area contributed by atoms with Crippen molar-refractivity contribution in [1.82, 2.24) is 10.2 Å². The van der Waals surface area contributed by atoms with Crippen LogP contribution in [0.5, 0.6) is 0 Å². The van der Waals surface area contributed by atoms with E-state index in [0.717, 1.165) is 0 Å². The zero-order chi connectivity index (χ0) is 10.7. The zero-order valence-corrected chi connectivity index (χ0v) is 8.53. The Bertz CT molecular complexity index is 284. The summed E-state index contributed by atoms with van der Waals surface area (Å²) >= 11 is 0. The first kappa shape index (κ1) is 10.6. The highest BCUT2D eigenvalue weighted by molar-refractivity contribution is 6.00. The minimum Gasteiger partial charge on any atom is -0.467 e. The topological polar surface area (TPSA) is 58.6 Å². The fourth-order valence-corrected chi connectivity index (χ4v) is 1.32. The monoisotopic (exact) mass is 198 g/mol. The Morgan fingerprint density at radius 2 is 2.29 bits per heavy atom. The Hall–Kier alpha value is -1.52. The molecule has 0 aliphatic carbocycles. The summed E-state index contributed by atoms with van der Waals surface area (Å²) in [6.45, 7) is 0. The van der Waals surface area contributed by atoms with Gasteiger partial charge in [-0.25, -0.2) is 4.79 Å². The van der Waals surface area contributed by atoms with Crippen LogP contribution in [0.25, 0.3) is 0 Å². The number of esters is 1. The van der Waals surface area contributed by atoms with Gasteiger partial charge < -0.3 is 15.0 Å². The molecule has 78 valence electrons. The highest BCUT2D eigenvalue weighted by Gasteiger charge is 2.32. The number of carbonyl (C=O) groups excluding carboxylic acids is 2. The van der Waals surface area contributed by atoms with Gasteiger partial charge in [0, 0.05) is 32.3 Å². The van der Waals surface area contributed by atoms with Gasteiger partial charge in [-0.15, -0.1) is 0 Å². The fraction of sp³-hybridized carbons (Fsp3) is 0.556. The highest BCUT2D eigenvalue weighted by atomic mass is 16.5. The molecule has 0 aromatic carbocycles. The first-order valence-corrected chi connectivity index (χ1v) is 4.30. The zero-order valence-electron chi connectivity index (χ0n) is 8.53. The number of rotatable bonds is 2. The molecule has 5 heteroatoms. The van der Waals surface area contributed by atoms with Crippen molar-refractivity contribution in [3.8, 4) is 0 Å². The van der Waals surface area contributed by atoms with Crippen LogP contribution in [0, 0.1) is 0 Å². The summed E-state index contributed by atoms with van der Waals surface area (Å²) in [6, 6.07) is -0.529. The summed E-state index contributed by atoms with van der Waals surface area (Å²) in [5.41, 5.74) is 0.602. The molecule has 0 aromatic heterocycles. The Balaban J connectivity index is 2.69. The van der Waals surface area contributed by atoms with E-state index < -0.39 is 12.0 Å². The van der Waals surface area contributed by atoms with Gasteiger partial charge in [0.2, 0.25) is 5.91 Å². The second kappa shape index (κ2) is 4.13. The number of hydrogen-bond acceptors (Lipinski definition) is 4. The summed E-state index contributed by atoms with van der Waals surface area (Å²) < 4.78 is 4.54. The standard InChI is InChI=1S/C9H14N2O3/c1-11(2)5-6-4-7(9(13)14-3)10-8(6)12/h5,7H,4H2,1-3H3,(H,10,12)/b6-5+/t7-/m0/s1. The molecule has 0 radical (unpaired) electrons. The van der Waals surface area contributed by atoms with Gasteiger partial charge in [0.05, 0.1) is 7.11 Å². The number of ether oxygens (including phenoxy) is 1. The predicted octanol–water partition coefficient (Wildman–Crippen LogP) is -0.507. The molecule has 1 aliphatic heterocycles. The van der Waals surface area contributed by atoms with Crippen molar-refractivity contribution in [3.63, 3.8) is 0 Å². The van der Waals surface area contributed by atoms with Gasteiger partial charge in [0.15, 0.2) is 0 Å². The van der Waals surface area contributed by atoms with Gasteiger partial charge in [-0.05, 0) is 0 Å². The summed E-state index contributed by atoms with van der Waals surface area (Å²) in [4.78, 5) is 24.2. The van der Waals surface area contributed by atoms with Crippen molar-refractivity contribution < 1.29 is 14.3 Å². The second-order valence-corrected chi connectivity index (χ2v) is 3.37. The molecule has 1 atom stereocenters. The Labute approximate surface area is 82.7 Å². The Kier molecular flexibility index (Phi) is 3.11. The molecule has 1 rings (SSSR count). The third-order valence-corrected chi connectivity index (χ3v) is 1.92. The first-order valence-electron chi connectivity index (χ1n) is 4.30. The van der Waals surface area contributed by atoms with Gasteiger partial charge in [0.1, 0.15) is 6.04 Å². The van der Waals surface area contributed by atoms with Crippen molar-refractivity contribution in [3.05, 3.63) is 11.8 Å². The summed E-state index contributed by atoms with van der Waals surface area (Å²) in [6.07, 6.45) is 2.10. The predicted molar refractivity (Wildman–Crippen MR) is 50.3 cm³/mol. The minimum absolute atomic E-state index is 0.200. The number of nitrogens with zero attached hydrogens (tertiary/aromatic N) is 1. The lowest BCUT2D eigenvalue weighted by atomic mass is 10.1. The smallest absolute Gasteiger partial charge is 0.328 e. The molecular formula is C9H14N2O3. The van der Waals surface area contributed by atoms with Gasteiger partial charge in [-0.1, -0.05) is 0 Å². The fourth-order valence-electron chi connectivity index (χ4n) is 1.32. The van der Waals surface area contributed by atoms with Crippen molar-refractivity contribution in [2.24, 2.45) is 0 Å². The molecule has 1 aliphatic rings. The first-order chi connectivity index (χ1) is 6.54. The summed E-state index contributed by atoms with van der Waals surface area (Å²) in [7, 11) is 4.96. The van der Waals surface area contributed by atoms with Gasteiger partial charge >= 0.3 is 5.97 Å². The lowest BCUT2D eigenvalue weighted by molar-refractivity contribution is -0.143. The van der Waals surface area contributed by atoms with E-state index in [1.165, 1.54) is 7.11 Å². The Morgan fingerprint density at radius 3 is 2.79 bits per heavy atom. The third-order valence-electron chi connectivity index (χ3n) is 1.92. The van der Waals surface area contributed by atoms with E-state index in [1.54, 1.807) is 11.1 Å². The van der Waals surface area contributed by atoms with Gasteiger partial charge in [-0.2, -0.15) is 0 Å². The van der Waals surface area contributed by atoms with Crippen molar-refractivity contribution in [1.29, 1.82) is 0 Å². The molecule has 5 nitrogen and oxygen atoms in total. The van der Waals surface area contributed by atoms with Crippen LogP contribution in [0.15, 0.2) is 11.8 Å². The van der Waals surface area contributed by atoms with Crippen LogP contribution in [0.2, 0.25) is 0 Å². The van der Waals surface area contributed by atoms with E-state index >= 15 is 0 Å². The number of methoxy groups -OCH3 is 1. The van der Waals surface area contributed by atoms with Crippen LogP contribution in [0.1, 0.15) is 6.42 Å². The molecule has 1 fully saturated rings. The molecule has 0 aromatic rings. The molecule has 1 heterocycles. The van der Waals surface area contributed by atoms with Crippen LogP contribution < -0.4 is 5.32 Å². The molecule has 1 amide bonds. The molecule has 14 heavy (non-hydrogen) atoms. The number of hydrogen-bond donors (Lipinski definition) is 1. The maximum absolute atomic E-state index is 11.3. The van der Waals surface area contributed by atoms with Crippen LogP contribution >= 0.6 is 0 Å². The van der Waals surface area contributed by atoms with Crippen LogP contribution in [-0.2, 0) is 14.3 Å². The second-order valence-electron chi connectivity index (χ2n) is 3.37. The maximum Gasteiger partial charge on any atom is 0.328 e. The van der Waals surface area contributed by atoms with E-state index in [-0.39, 0.29) is 5.91 Å². The lowest BCUT2D eigenvalue weighted by Crippen LogP contribution is -2.33. The summed E-state index contributed by atoms with van der Waals surface area (Å²) in [5, 5.41) is 2.55. The lowest BCUT2D eigenvalue weighted by Gasteiger charge is -2.05. The quantitative estimate of drug-likeness (QED) is 0.480. The number of nitrogens with one attached hydrogen (secondary N) is 1. The van der Waals surface area contributed by atoms with Crippen molar-refractivity contribution >= 4 is 11.9 Å². The van der Waals surface area contributed by atoms with E-state index in [0.29, 0.717) is 12.0 Å². The number of amides is 1. The van der Waals surface area contributed by atoms with Crippen LogP contribution in [0.3, 0.4) is 0 Å². The highest BCUT2D eigenvalue weighted by Crippen LogP contribution is 2.15. The molecule has 1 saturated heterocycles. The van der Waals surface area contributed by atoms with Gasteiger partial charge in [0.25, 0.3) is 0 Å². The largest absolute Gasteiger partial charge is 0.467 e. The molecule has 0 saturated carbocycles. The minimum atomic E-state index is -0.529. The maximum atomic E-state index is 11.3. The third kappa shape index (κ3) is 2.25. The molecular weight excluding hydrogens is 184 g/mol. The summed E-state index contributed by atoms with van der Waals surface area (Å²) in [5.74, 6) is -0.602. The van der Waals surface area contributed by atoms with Crippen LogP contribution in [0.4, 0.5) is 0 Å². The SMILES string of the molecule is COC(=O)[C@@H]1C/C(=C\N(C)C)C(=O)N1. The average Bonchev–Trinajstić information content (AvgIpc) is 2.46. The van der Waals surface area contributed by atoms with E-state index in [9.17, 15) is 9.59 Å². The molecule has 0 unspecified atom stereocenters. The van der Waals surface area contributed by atoms with Crippen molar-refractivity contribution in [2.75, 3.05) is 21.2 Å². The normalized spacial score (nSPS) is 23.5. The van der Waals surface area contributed by atoms with Gasteiger partial charge in [-0.3, -0.25) is 4.79 Å². The van der Waals surface area contributed by atoms with E-state index in [2.05, 4.69) is 10.1 Å². The number of carbonyl (C=O) groups is 2. The average molecular weight is 198 g/mol. The van der Waals surface area contributed by atoms with Crippen LogP contribution in [-0.4, -0.2) is 44.0 Å².